The van der Waals surface area contributed by atoms with Crippen LogP contribution in [0.3, 0.4) is 0 Å². The van der Waals surface area contributed by atoms with Gasteiger partial charge in [-0.15, -0.1) is 0 Å². The van der Waals surface area contributed by atoms with Crippen molar-refractivity contribution in [2.75, 3.05) is 0 Å². The molecule has 4 heteroatoms. The van der Waals surface area contributed by atoms with Crippen molar-refractivity contribution >= 4 is 5.91 Å². The Kier molecular flexibility index (Phi) is 4.61. The Balaban J connectivity index is 2.89. The largest absolute Gasteiger partial charge is 0.349 e. The first-order valence-electron chi connectivity index (χ1n) is 5.61. The summed E-state index contributed by atoms with van der Waals surface area (Å²) < 4.78 is 25.4. The van der Waals surface area contributed by atoms with Gasteiger partial charge < -0.3 is 5.32 Å². The summed E-state index contributed by atoms with van der Waals surface area (Å²) in [5.41, 5.74) is -0.170. The highest BCUT2D eigenvalue weighted by Crippen LogP contribution is 2.22. The Morgan fingerprint density at radius 2 is 1.76 bits per heavy atom. The van der Waals surface area contributed by atoms with Crippen molar-refractivity contribution in [3.05, 3.63) is 35.4 Å². The first-order chi connectivity index (χ1) is 7.93. The Labute approximate surface area is 100 Å². The molecular weight excluding hydrogens is 224 g/mol. The SMILES string of the molecule is CC(C)[C@@H](C)NC(=O)c1ccccc1C(F)F. The van der Waals surface area contributed by atoms with Gasteiger partial charge in [-0.1, -0.05) is 32.0 Å². The smallest absolute Gasteiger partial charge is 0.264 e. The van der Waals surface area contributed by atoms with Crippen molar-refractivity contribution in [1.82, 2.24) is 5.32 Å². The predicted octanol–water partition coefficient (Wildman–Crippen LogP) is 3.40. The molecule has 0 spiro atoms. The zero-order chi connectivity index (χ0) is 13.0. The monoisotopic (exact) mass is 241 g/mol. The molecule has 0 bridgehead atoms. The zero-order valence-corrected chi connectivity index (χ0v) is 10.2. The number of carbonyl (C=O) groups is 1. The van der Waals surface area contributed by atoms with E-state index in [1.54, 1.807) is 6.07 Å². The Morgan fingerprint density at radius 1 is 1.18 bits per heavy atom. The Bertz CT molecular complexity index is 391. The van der Waals surface area contributed by atoms with Gasteiger partial charge in [0.25, 0.3) is 12.3 Å². The zero-order valence-electron chi connectivity index (χ0n) is 10.2. The van der Waals surface area contributed by atoms with Crippen LogP contribution in [0.1, 0.15) is 43.1 Å². The average molecular weight is 241 g/mol. The molecule has 0 heterocycles. The van der Waals surface area contributed by atoms with Crippen LogP contribution in [0.25, 0.3) is 0 Å². The standard InChI is InChI=1S/C13H17F2NO/c1-8(2)9(3)16-13(17)11-7-5-4-6-10(11)12(14)15/h4-9,12H,1-3H3,(H,16,17)/t9-/m1/s1. The first kappa shape index (κ1) is 13.6. The van der Waals surface area contributed by atoms with Crippen LogP contribution in [0.15, 0.2) is 24.3 Å². The molecule has 0 aliphatic carbocycles. The van der Waals surface area contributed by atoms with Crippen molar-refractivity contribution in [3.8, 4) is 0 Å². The van der Waals surface area contributed by atoms with E-state index in [2.05, 4.69) is 5.32 Å². The third-order valence-electron chi connectivity index (χ3n) is 2.80. The molecule has 1 atom stereocenters. The van der Waals surface area contributed by atoms with Gasteiger partial charge in [-0.05, 0) is 18.9 Å². The van der Waals surface area contributed by atoms with Crippen LogP contribution in [-0.4, -0.2) is 11.9 Å². The van der Waals surface area contributed by atoms with E-state index in [0.717, 1.165) is 0 Å². The second-order valence-electron chi connectivity index (χ2n) is 4.39. The molecule has 0 saturated carbocycles. The van der Waals surface area contributed by atoms with Crippen molar-refractivity contribution < 1.29 is 13.6 Å². The van der Waals surface area contributed by atoms with Gasteiger partial charge in [0.15, 0.2) is 0 Å². The molecule has 0 unspecified atom stereocenters. The minimum atomic E-state index is -2.63. The van der Waals surface area contributed by atoms with Gasteiger partial charge in [-0.3, -0.25) is 4.79 Å². The fraction of sp³-hybridized carbons (Fsp3) is 0.462. The summed E-state index contributed by atoms with van der Waals surface area (Å²) in [6.45, 7) is 5.78. The lowest BCUT2D eigenvalue weighted by Crippen LogP contribution is -2.36. The molecule has 1 amide bonds. The minimum Gasteiger partial charge on any atom is -0.349 e. The van der Waals surface area contributed by atoms with Gasteiger partial charge >= 0.3 is 0 Å². The number of carbonyl (C=O) groups excluding carboxylic acids is 1. The molecule has 2 nitrogen and oxygen atoms in total. The second-order valence-corrected chi connectivity index (χ2v) is 4.39. The molecule has 0 aliphatic rings. The summed E-state index contributed by atoms with van der Waals surface area (Å²) >= 11 is 0. The molecule has 0 fully saturated rings. The number of nitrogens with one attached hydrogen (secondary N) is 1. The molecule has 17 heavy (non-hydrogen) atoms. The summed E-state index contributed by atoms with van der Waals surface area (Å²) in [6, 6.07) is 5.74. The highest BCUT2D eigenvalue weighted by atomic mass is 19.3. The fourth-order valence-electron chi connectivity index (χ4n) is 1.35. The maximum Gasteiger partial charge on any atom is 0.264 e. The third kappa shape index (κ3) is 3.51. The number of hydrogen-bond donors (Lipinski definition) is 1. The summed E-state index contributed by atoms with van der Waals surface area (Å²) in [6.07, 6.45) is -2.63. The number of amides is 1. The van der Waals surface area contributed by atoms with Crippen LogP contribution in [0.2, 0.25) is 0 Å². The molecule has 1 aromatic rings. The minimum absolute atomic E-state index is 0.0479. The van der Waals surface area contributed by atoms with Gasteiger partial charge in [0.1, 0.15) is 0 Å². The van der Waals surface area contributed by atoms with E-state index in [-0.39, 0.29) is 23.1 Å². The van der Waals surface area contributed by atoms with Gasteiger partial charge in [0, 0.05) is 17.2 Å². The van der Waals surface area contributed by atoms with E-state index in [1.165, 1.54) is 18.2 Å². The lowest BCUT2D eigenvalue weighted by molar-refractivity contribution is 0.0917. The van der Waals surface area contributed by atoms with E-state index in [4.69, 9.17) is 0 Å². The maximum atomic E-state index is 12.7. The first-order valence-corrected chi connectivity index (χ1v) is 5.61. The number of alkyl halides is 2. The number of hydrogen-bond acceptors (Lipinski definition) is 1. The van der Waals surface area contributed by atoms with Crippen LogP contribution in [0, 0.1) is 5.92 Å². The van der Waals surface area contributed by atoms with E-state index in [1.807, 2.05) is 20.8 Å². The topological polar surface area (TPSA) is 29.1 Å². The van der Waals surface area contributed by atoms with E-state index in [0.29, 0.717) is 0 Å². The molecule has 1 aromatic carbocycles. The quantitative estimate of drug-likeness (QED) is 0.860. The summed E-state index contributed by atoms with van der Waals surface area (Å²) in [7, 11) is 0. The van der Waals surface area contributed by atoms with Gasteiger partial charge in [0.2, 0.25) is 0 Å². The maximum absolute atomic E-state index is 12.7. The van der Waals surface area contributed by atoms with Gasteiger partial charge in [0.05, 0.1) is 0 Å². The van der Waals surface area contributed by atoms with Crippen molar-refractivity contribution in [1.29, 1.82) is 0 Å². The summed E-state index contributed by atoms with van der Waals surface area (Å²) in [5.74, 6) is -0.181. The molecule has 1 N–H and O–H groups in total. The van der Waals surface area contributed by atoms with Gasteiger partial charge in [-0.2, -0.15) is 0 Å². The van der Waals surface area contributed by atoms with Crippen LogP contribution in [0.4, 0.5) is 8.78 Å². The molecule has 0 saturated heterocycles. The van der Waals surface area contributed by atoms with Crippen molar-refractivity contribution in [2.45, 2.75) is 33.2 Å². The second kappa shape index (κ2) is 5.75. The van der Waals surface area contributed by atoms with Crippen molar-refractivity contribution in [3.63, 3.8) is 0 Å². The normalized spacial score (nSPS) is 12.9. The van der Waals surface area contributed by atoms with E-state index in [9.17, 15) is 13.6 Å². The van der Waals surface area contributed by atoms with E-state index >= 15 is 0 Å². The number of benzene rings is 1. The van der Waals surface area contributed by atoms with Crippen LogP contribution < -0.4 is 5.32 Å². The van der Waals surface area contributed by atoms with Gasteiger partial charge in [-0.25, -0.2) is 8.78 Å². The summed E-state index contributed by atoms with van der Waals surface area (Å²) in [5, 5.41) is 2.72. The Morgan fingerprint density at radius 3 is 2.29 bits per heavy atom. The third-order valence-corrected chi connectivity index (χ3v) is 2.80. The average Bonchev–Trinajstić information content (AvgIpc) is 2.28. The van der Waals surface area contributed by atoms with E-state index < -0.39 is 12.3 Å². The molecule has 0 aromatic heterocycles. The highest BCUT2D eigenvalue weighted by molar-refractivity contribution is 5.95. The molecular formula is C13H17F2NO. The molecule has 94 valence electrons. The molecule has 0 aliphatic heterocycles. The molecule has 1 rings (SSSR count). The van der Waals surface area contributed by atoms with Crippen molar-refractivity contribution in [2.24, 2.45) is 5.92 Å². The lowest BCUT2D eigenvalue weighted by atomic mass is 10.0. The Hall–Kier alpha value is -1.45. The molecule has 0 radical (unpaired) electrons. The number of halogens is 2. The fourth-order valence-corrected chi connectivity index (χ4v) is 1.35. The van der Waals surface area contributed by atoms with Crippen LogP contribution >= 0.6 is 0 Å². The predicted molar refractivity (Wildman–Crippen MR) is 63.2 cm³/mol. The van der Waals surface area contributed by atoms with Crippen LogP contribution in [-0.2, 0) is 0 Å². The lowest BCUT2D eigenvalue weighted by Gasteiger charge is -2.18. The number of rotatable bonds is 4. The highest BCUT2D eigenvalue weighted by Gasteiger charge is 2.19. The summed E-state index contributed by atoms with van der Waals surface area (Å²) in [4.78, 5) is 11.8. The van der Waals surface area contributed by atoms with Crippen LogP contribution in [0.5, 0.6) is 0 Å².